The van der Waals surface area contributed by atoms with E-state index in [1.807, 2.05) is 6.07 Å². The standard InChI is InChI=1S/C16H23ClFN/c1-11(2)19-10-16(3,13-5-6-13)9-12-4-7-15(18)14(17)8-12/h4,7-8,11,13,19H,5-6,9-10H2,1-3H3. The van der Waals surface area contributed by atoms with Gasteiger partial charge in [0.2, 0.25) is 0 Å². The largest absolute Gasteiger partial charge is 0.314 e. The van der Waals surface area contributed by atoms with Gasteiger partial charge < -0.3 is 5.32 Å². The topological polar surface area (TPSA) is 12.0 Å². The van der Waals surface area contributed by atoms with Crippen molar-refractivity contribution in [2.75, 3.05) is 6.54 Å². The minimum absolute atomic E-state index is 0.229. The minimum Gasteiger partial charge on any atom is -0.314 e. The summed E-state index contributed by atoms with van der Waals surface area (Å²) >= 11 is 5.87. The van der Waals surface area contributed by atoms with Crippen molar-refractivity contribution >= 4 is 11.6 Å². The van der Waals surface area contributed by atoms with E-state index < -0.39 is 0 Å². The van der Waals surface area contributed by atoms with Crippen molar-refractivity contribution in [2.24, 2.45) is 11.3 Å². The molecule has 1 aromatic carbocycles. The Morgan fingerprint density at radius 2 is 2.11 bits per heavy atom. The summed E-state index contributed by atoms with van der Waals surface area (Å²) in [5.41, 5.74) is 1.37. The van der Waals surface area contributed by atoms with Crippen molar-refractivity contribution in [3.8, 4) is 0 Å². The summed E-state index contributed by atoms with van der Waals surface area (Å²) < 4.78 is 13.2. The van der Waals surface area contributed by atoms with Gasteiger partial charge in [-0.2, -0.15) is 0 Å². The highest BCUT2D eigenvalue weighted by Crippen LogP contribution is 2.47. The van der Waals surface area contributed by atoms with Crippen LogP contribution >= 0.6 is 11.6 Å². The van der Waals surface area contributed by atoms with Crippen molar-refractivity contribution in [2.45, 2.75) is 46.1 Å². The highest BCUT2D eigenvalue weighted by Gasteiger charge is 2.41. The van der Waals surface area contributed by atoms with Crippen LogP contribution in [0.3, 0.4) is 0 Å². The van der Waals surface area contributed by atoms with Gasteiger partial charge in [0.25, 0.3) is 0 Å². The summed E-state index contributed by atoms with van der Waals surface area (Å²) in [6.07, 6.45) is 3.58. The van der Waals surface area contributed by atoms with Gasteiger partial charge in [0.15, 0.2) is 0 Å². The number of halogens is 2. The normalized spacial score (nSPS) is 18.6. The van der Waals surface area contributed by atoms with E-state index >= 15 is 0 Å². The van der Waals surface area contributed by atoms with E-state index in [4.69, 9.17) is 11.6 Å². The van der Waals surface area contributed by atoms with Gasteiger partial charge in [-0.1, -0.05) is 38.4 Å². The summed E-state index contributed by atoms with van der Waals surface area (Å²) in [5.74, 6) is 0.446. The molecule has 1 aromatic rings. The minimum atomic E-state index is -0.334. The zero-order valence-corrected chi connectivity index (χ0v) is 12.7. The quantitative estimate of drug-likeness (QED) is 0.814. The number of hydrogen-bond donors (Lipinski definition) is 1. The molecule has 0 aromatic heterocycles. The van der Waals surface area contributed by atoms with Crippen LogP contribution in [0, 0.1) is 17.2 Å². The van der Waals surface area contributed by atoms with Gasteiger partial charge in [-0.05, 0) is 48.3 Å². The van der Waals surface area contributed by atoms with Crippen molar-refractivity contribution in [1.82, 2.24) is 5.32 Å². The van der Waals surface area contributed by atoms with Crippen LogP contribution < -0.4 is 5.32 Å². The number of benzene rings is 1. The molecular formula is C16H23ClFN. The van der Waals surface area contributed by atoms with Crippen molar-refractivity contribution in [3.05, 3.63) is 34.6 Å². The van der Waals surface area contributed by atoms with Gasteiger partial charge in [0.05, 0.1) is 5.02 Å². The van der Waals surface area contributed by atoms with Crippen molar-refractivity contribution in [1.29, 1.82) is 0 Å². The average molecular weight is 284 g/mol. The second-order valence-electron chi connectivity index (χ2n) is 6.39. The fourth-order valence-corrected chi connectivity index (χ4v) is 2.89. The van der Waals surface area contributed by atoms with Crippen LogP contribution in [0.15, 0.2) is 18.2 Å². The van der Waals surface area contributed by atoms with Gasteiger partial charge in [-0.3, -0.25) is 0 Å². The van der Waals surface area contributed by atoms with Crippen LogP contribution in [0.1, 0.15) is 39.2 Å². The molecule has 0 radical (unpaired) electrons. The predicted octanol–water partition coefficient (Wildman–Crippen LogP) is 4.44. The van der Waals surface area contributed by atoms with Crippen LogP contribution in [0.4, 0.5) is 4.39 Å². The van der Waals surface area contributed by atoms with E-state index in [0.29, 0.717) is 6.04 Å². The smallest absolute Gasteiger partial charge is 0.141 e. The molecule has 1 unspecified atom stereocenters. The molecule has 1 fully saturated rings. The maximum Gasteiger partial charge on any atom is 0.141 e. The number of rotatable bonds is 6. The fraction of sp³-hybridized carbons (Fsp3) is 0.625. The van der Waals surface area contributed by atoms with Crippen molar-refractivity contribution < 1.29 is 4.39 Å². The molecule has 0 spiro atoms. The third-order valence-electron chi connectivity index (χ3n) is 4.07. The molecule has 0 saturated heterocycles. The maximum absolute atomic E-state index is 13.2. The van der Waals surface area contributed by atoms with Gasteiger partial charge in [-0.25, -0.2) is 4.39 Å². The Morgan fingerprint density at radius 1 is 1.42 bits per heavy atom. The van der Waals surface area contributed by atoms with E-state index in [1.54, 1.807) is 6.07 Å². The first-order valence-corrected chi connectivity index (χ1v) is 7.46. The Hall–Kier alpha value is -0.600. The van der Waals surface area contributed by atoms with Gasteiger partial charge in [0.1, 0.15) is 5.82 Å². The highest BCUT2D eigenvalue weighted by atomic mass is 35.5. The van der Waals surface area contributed by atoms with E-state index in [1.165, 1.54) is 18.9 Å². The summed E-state index contributed by atoms with van der Waals surface area (Å²) in [7, 11) is 0. The van der Waals surface area contributed by atoms with Gasteiger partial charge in [-0.15, -0.1) is 0 Å². The third kappa shape index (κ3) is 3.93. The molecule has 3 heteroatoms. The van der Waals surface area contributed by atoms with Crippen LogP contribution in [-0.4, -0.2) is 12.6 Å². The molecule has 0 bridgehead atoms. The Labute approximate surface area is 120 Å². The lowest BCUT2D eigenvalue weighted by molar-refractivity contribution is 0.248. The number of hydrogen-bond acceptors (Lipinski definition) is 1. The molecular weight excluding hydrogens is 261 g/mol. The first kappa shape index (κ1) is 14.8. The van der Waals surface area contributed by atoms with Gasteiger partial charge in [0, 0.05) is 12.6 Å². The Bertz CT molecular complexity index is 442. The van der Waals surface area contributed by atoms with Crippen LogP contribution in [-0.2, 0) is 6.42 Å². The zero-order valence-electron chi connectivity index (χ0n) is 12.0. The SMILES string of the molecule is CC(C)NCC(C)(Cc1ccc(F)c(Cl)c1)C1CC1. The lowest BCUT2D eigenvalue weighted by Gasteiger charge is -2.31. The monoisotopic (exact) mass is 283 g/mol. The lowest BCUT2D eigenvalue weighted by atomic mass is 9.78. The highest BCUT2D eigenvalue weighted by molar-refractivity contribution is 6.30. The molecule has 19 heavy (non-hydrogen) atoms. The molecule has 1 atom stereocenters. The van der Waals surface area contributed by atoms with E-state index in [2.05, 4.69) is 26.1 Å². The molecule has 0 heterocycles. The molecule has 1 nitrogen and oxygen atoms in total. The molecule has 0 aliphatic heterocycles. The predicted molar refractivity (Wildman–Crippen MR) is 79.1 cm³/mol. The second-order valence-corrected chi connectivity index (χ2v) is 6.80. The summed E-state index contributed by atoms with van der Waals surface area (Å²) in [6.45, 7) is 7.67. The Kier molecular flexibility index (Phi) is 4.52. The fourth-order valence-electron chi connectivity index (χ4n) is 2.68. The molecule has 106 valence electrons. The molecule has 1 N–H and O–H groups in total. The summed E-state index contributed by atoms with van der Waals surface area (Å²) in [5, 5.41) is 3.78. The first-order valence-electron chi connectivity index (χ1n) is 7.08. The van der Waals surface area contributed by atoms with Crippen LogP contribution in [0.5, 0.6) is 0 Å². The average Bonchev–Trinajstić information content (AvgIpc) is 3.16. The maximum atomic E-state index is 13.2. The second kappa shape index (κ2) is 5.80. The lowest BCUT2D eigenvalue weighted by Crippen LogP contribution is -2.38. The van der Waals surface area contributed by atoms with Crippen molar-refractivity contribution in [3.63, 3.8) is 0 Å². The number of nitrogens with one attached hydrogen (secondary N) is 1. The molecule has 1 saturated carbocycles. The van der Waals surface area contributed by atoms with Crippen LogP contribution in [0.25, 0.3) is 0 Å². The van der Waals surface area contributed by atoms with E-state index in [-0.39, 0.29) is 16.3 Å². The molecule has 1 aliphatic carbocycles. The molecule has 1 aliphatic rings. The van der Waals surface area contributed by atoms with E-state index in [0.717, 1.165) is 24.4 Å². The molecule has 0 amide bonds. The van der Waals surface area contributed by atoms with Gasteiger partial charge >= 0.3 is 0 Å². The molecule has 2 rings (SSSR count). The Morgan fingerprint density at radius 3 is 2.63 bits per heavy atom. The summed E-state index contributed by atoms with van der Waals surface area (Å²) in [6, 6.07) is 5.60. The summed E-state index contributed by atoms with van der Waals surface area (Å²) in [4.78, 5) is 0. The third-order valence-corrected chi connectivity index (χ3v) is 4.36. The van der Waals surface area contributed by atoms with Crippen LogP contribution in [0.2, 0.25) is 5.02 Å². The van der Waals surface area contributed by atoms with E-state index in [9.17, 15) is 4.39 Å². The Balaban J connectivity index is 2.09. The zero-order chi connectivity index (χ0) is 14.0. The first-order chi connectivity index (χ1) is 8.90.